The Morgan fingerprint density at radius 2 is 2.11 bits per heavy atom. The summed E-state index contributed by atoms with van der Waals surface area (Å²) in [4.78, 5) is 19.7. The lowest BCUT2D eigenvalue weighted by Gasteiger charge is -2.17. The molecule has 0 bridgehead atoms. The number of aromatic nitrogens is 3. The third-order valence-corrected chi connectivity index (χ3v) is 6.14. The van der Waals surface area contributed by atoms with Crippen molar-refractivity contribution in [2.45, 2.75) is 40.0 Å². The second kappa shape index (κ2) is 7.31. The van der Waals surface area contributed by atoms with Gasteiger partial charge >= 0.3 is 0 Å². The maximum Gasteiger partial charge on any atom is 0.222 e. The van der Waals surface area contributed by atoms with Crippen molar-refractivity contribution in [1.29, 1.82) is 0 Å². The zero-order valence-corrected chi connectivity index (χ0v) is 16.9. The van der Waals surface area contributed by atoms with E-state index in [1.54, 1.807) is 11.3 Å². The molecule has 1 amide bonds. The van der Waals surface area contributed by atoms with Crippen molar-refractivity contribution in [1.82, 2.24) is 19.5 Å². The maximum atomic E-state index is 11.7. The number of likely N-dealkylation sites (tertiary alicyclic amines) is 1. The molecule has 1 fully saturated rings. The van der Waals surface area contributed by atoms with E-state index in [9.17, 15) is 4.79 Å². The fourth-order valence-corrected chi connectivity index (χ4v) is 4.50. The number of rotatable bonds is 6. The first-order chi connectivity index (χ1) is 13.1. The molecule has 3 aromatic heterocycles. The summed E-state index contributed by atoms with van der Waals surface area (Å²) in [6, 6.07) is 4.18. The molecule has 0 radical (unpaired) electrons. The van der Waals surface area contributed by atoms with Crippen molar-refractivity contribution in [3.05, 3.63) is 34.5 Å². The molecule has 0 aliphatic carbocycles. The Kier molecular flexibility index (Phi) is 4.86. The van der Waals surface area contributed by atoms with E-state index in [-0.39, 0.29) is 5.91 Å². The first-order valence-electron chi connectivity index (χ1n) is 9.48. The van der Waals surface area contributed by atoms with Crippen LogP contribution in [-0.2, 0) is 4.79 Å². The van der Waals surface area contributed by atoms with Crippen LogP contribution in [0.5, 0.6) is 0 Å². The van der Waals surface area contributed by atoms with Crippen molar-refractivity contribution in [2.75, 3.05) is 25.0 Å². The average Bonchev–Trinajstić information content (AvgIpc) is 3.36. The molecule has 6 nitrogen and oxygen atoms in total. The van der Waals surface area contributed by atoms with Crippen LogP contribution in [0, 0.1) is 20.8 Å². The maximum absolute atomic E-state index is 11.7. The summed E-state index contributed by atoms with van der Waals surface area (Å²) in [6.45, 7) is 8.68. The number of amides is 1. The Balaban J connectivity index is 1.59. The molecule has 1 aliphatic heterocycles. The van der Waals surface area contributed by atoms with Gasteiger partial charge in [0, 0.05) is 42.2 Å². The third kappa shape index (κ3) is 3.32. The van der Waals surface area contributed by atoms with Crippen LogP contribution in [0.1, 0.15) is 36.2 Å². The molecule has 0 atom stereocenters. The fourth-order valence-electron chi connectivity index (χ4n) is 3.68. The van der Waals surface area contributed by atoms with Gasteiger partial charge in [-0.2, -0.15) is 9.61 Å². The van der Waals surface area contributed by atoms with Gasteiger partial charge in [0.15, 0.2) is 5.65 Å². The summed E-state index contributed by atoms with van der Waals surface area (Å²) in [5.74, 6) is 1.28. The van der Waals surface area contributed by atoms with Gasteiger partial charge in [-0.25, -0.2) is 4.98 Å². The van der Waals surface area contributed by atoms with E-state index in [1.165, 1.54) is 4.88 Å². The van der Waals surface area contributed by atoms with E-state index in [4.69, 9.17) is 10.1 Å². The molecule has 0 saturated carbocycles. The standard InChI is InChI=1S/C20H25N5OS/c1-13-14(2)22-20-18(16-7-5-12-27-16)15(3)23-25(20)19(13)21-9-6-11-24-10-4-8-17(24)26/h5,7,12,21H,4,6,8-11H2,1-3H3. The van der Waals surface area contributed by atoms with E-state index in [0.717, 1.165) is 66.5 Å². The monoisotopic (exact) mass is 383 g/mol. The number of hydrogen-bond donors (Lipinski definition) is 1. The van der Waals surface area contributed by atoms with Crippen LogP contribution < -0.4 is 5.32 Å². The molecule has 1 saturated heterocycles. The van der Waals surface area contributed by atoms with Crippen LogP contribution in [0.4, 0.5) is 5.82 Å². The minimum Gasteiger partial charge on any atom is -0.370 e. The number of carbonyl (C=O) groups excluding carboxylic acids is 1. The van der Waals surface area contributed by atoms with Gasteiger partial charge in [0.2, 0.25) is 5.91 Å². The fraction of sp³-hybridized carbons (Fsp3) is 0.450. The predicted octanol–water partition coefficient (Wildman–Crippen LogP) is 3.81. The Labute approximate surface area is 163 Å². The van der Waals surface area contributed by atoms with Gasteiger partial charge < -0.3 is 10.2 Å². The van der Waals surface area contributed by atoms with E-state index in [0.29, 0.717) is 6.42 Å². The van der Waals surface area contributed by atoms with Gasteiger partial charge in [0.05, 0.1) is 11.3 Å². The van der Waals surface area contributed by atoms with Gasteiger partial charge in [-0.15, -0.1) is 11.3 Å². The summed E-state index contributed by atoms with van der Waals surface area (Å²) in [5, 5.41) is 10.4. The average molecular weight is 384 g/mol. The highest BCUT2D eigenvalue weighted by Crippen LogP contribution is 2.33. The quantitative estimate of drug-likeness (QED) is 0.658. The van der Waals surface area contributed by atoms with Gasteiger partial charge in [-0.05, 0) is 45.1 Å². The van der Waals surface area contributed by atoms with Crippen LogP contribution in [-0.4, -0.2) is 45.0 Å². The van der Waals surface area contributed by atoms with E-state index < -0.39 is 0 Å². The van der Waals surface area contributed by atoms with E-state index in [1.807, 2.05) is 23.3 Å². The molecule has 0 unspecified atom stereocenters. The smallest absolute Gasteiger partial charge is 0.222 e. The molecule has 27 heavy (non-hydrogen) atoms. The summed E-state index contributed by atoms with van der Waals surface area (Å²) in [6.07, 6.45) is 2.62. The first kappa shape index (κ1) is 18.0. The molecule has 1 aliphatic rings. The lowest BCUT2D eigenvalue weighted by atomic mass is 10.2. The molecule has 4 heterocycles. The molecule has 0 spiro atoms. The van der Waals surface area contributed by atoms with Crippen molar-refractivity contribution in [2.24, 2.45) is 0 Å². The van der Waals surface area contributed by atoms with Crippen LogP contribution in [0.25, 0.3) is 16.1 Å². The number of nitrogens with zero attached hydrogens (tertiary/aromatic N) is 4. The minimum atomic E-state index is 0.289. The minimum absolute atomic E-state index is 0.289. The molecule has 4 rings (SSSR count). The highest BCUT2D eigenvalue weighted by Gasteiger charge is 2.20. The molecule has 7 heteroatoms. The topological polar surface area (TPSA) is 62.5 Å². The largest absolute Gasteiger partial charge is 0.370 e. The summed E-state index contributed by atoms with van der Waals surface area (Å²) >= 11 is 1.71. The molecule has 142 valence electrons. The molecule has 0 aromatic carbocycles. The Bertz CT molecular complexity index is 976. The number of fused-ring (bicyclic) bond motifs is 1. The van der Waals surface area contributed by atoms with Crippen molar-refractivity contribution >= 4 is 28.7 Å². The highest BCUT2D eigenvalue weighted by molar-refractivity contribution is 7.13. The number of hydrogen-bond acceptors (Lipinski definition) is 5. The Hall–Kier alpha value is -2.41. The van der Waals surface area contributed by atoms with Gasteiger partial charge in [0.25, 0.3) is 0 Å². The summed E-state index contributed by atoms with van der Waals surface area (Å²) < 4.78 is 1.94. The number of aryl methyl sites for hydroxylation is 2. The van der Waals surface area contributed by atoms with Gasteiger partial charge in [0.1, 0.15) is 5.82 Å². The molecule has 1 N–H and O–H groups in total. The lowest BCUT2D eigenvalue weighted by molar-refractivity contribution is -0.127. The van der Waals surface area contributed by atoms with Crippen LogP contribution in [0.15, 0.2) is 17.5 Å². The van der Waals surface area contributed by atoms with Crippen LogP contribution in [0.3, 0.4) is 0 Å². The third-order valence-electron chi connectivity index (χ3n) is 5.26. The van der Waals surface area contributed by atoms with E-state index >= 15 is 0 Å². The van der Waals surface area contributed by atoms with Crippen LogP contribution in [0.2, 0.25) is 0 Å². The van der Waals surface area contributed by atoms with Gasteiger partial charge in [-0.3, -0.25) is 4.79 Å². The summed E-state index contributed by atoms with van der Waals surface area (Å²) in [7, 11) is 0. The molecular formula is C20H25N5OS. The normalized spacial score (nSPS) is 14.5. The SMILES string of the molecule is Cc1nc2c(-c3cccs3)c(C)nn2c(NCCCN2CCCC2=O)c1C. The Morgan fingerprint density at radius 3 is 2.81 bits per heavy atom. The lowest BCUT2D eigenvalue weighted by Crippen LogP contribution is -2.27. The number of carbonyl (C=O) groups is 1. The second-order valence-corrected chi connectivity index (χ2v) is 8.06. The van der Waals surface area contributed by atoms with Crippen molar-refractivity contribution in [3.63, 3.8) is 0 Å². The molecular weight excluding hydrogens is 358 g/mol. The van der Waals surface area contributed by atoms with E-state index in [2.05, 4.69) is 29.8 Å². The first-order valence-corrected chi connectivity index (χ1v) is 10.4. The Morgan fingerprint density at radius 1 is 1.26 bits per heavy atom. The van der Waals surface area contributed by atoms with Crippen LogP contribution >= 0.6 is 11.3 Å². The zero-order chi connectivity index (χ0) is 19.0. The highest BCUT2D eigenvalue weighted by atomic mass is 32.1. The summed E-state index contributed by atoms with van der Waals surface area (Å²) in [5.41, 5.74) is 5.12. The van der Waals surface area contributed by atoms with Crippen molar-refractivity contribution < 1.29 is 4.79 Å². The van der Waals surface area contributed by atoms with Gasteiger partial charge in [-0.1, -0.05) is 6.07 Å². The number of thiophene rings is 1. The second-order valence-electron chi connectivity index (χ2n) is 7.11. The van der Waals surface area contributed by atoms with Crippen molar-refractivity contribution in [3.8, 4) is 10.4 Å². The number of anilines is 1. The number of nitrogens with one attached hydrogen (secondary N) is 1. The molecule has 3 aromatic rings. The zero-order valence-electron chi connectivity index (χ0n) is 16.1. The predicted molar refractivity (Wildman–Crippen MR) is 109 cm³/mol.